The van der Waals surface area contributed by atoms with Crippen LogP contribution in [0.5, 0.6) is 0 Å². The number of nitrogens with one attached hydrogen (secondary N) is 1. The number of aryl methyl sites for hydroxylation is 1. The van der Waals surface area contributed by atoms with E-state index < -0.39 is 0 Å². The molecule has 0 amide bonds. The zero-order chi connectivity index (χ0) is 14.7. The molecule has 0 saturated heterocycles. The van der Waals surface area contributed by atoms with E-state index in [1.54, 1.807) is 6.20 Å². The first-order valence-corrected chi connectivity index (χ1v) is 7.48. The Hall–Kier alpha value is -2.20. The Morgan fingerprint density at radius 3 is 2.71 bits per heavy atom. The number of hydrogen-bond acceptors (Lipinski definition) is 3. The average Bonchev–Trinajstić information content (AvgIpc) is 2.54. The quantitative estimate of drug-likeness (QED) is 0.736. The number of rotatable bonds is 4. The summed E-state index contributed by atoms with van der Waals surface area (Å²) in [7, 11) is 0. The molecule has 3 rings (SSSR count). The molecule has 4 heteroatoms. The van der Waals surface area contributed by atoms with Gasteiger partial charge in [-0.05, 0) is 35.7 Å². The fourth-order valence-electron chi connectivity index (χ4n) is 2.36. The fraction of sp³-hybridized carbons (Fsp3) is 0.176. The van der Waals surface area contributed by atoms with Crippen molar-refractivity contribution in [2.24, 2.45) is 0 Å². The summed E-state index contributed by atoms with van der Waals surface area (Å²) in [5.74, 6) is 0. The van der Waals surface area contributed by atoms with Crippen LogP contribution in [0.3, 0.4) is 0 Å². The predicted octanol–water partition coefficient (Wildman–Crippen LogP) is 4.07. The van der Waals surface area contributed by atoms with Crippen molar-refractivity contribution in [3.8, 4) is 0 Å². The van der Waals surface area contributed by atoms with Crippen molar-refractivity contribution in [1.82, 2.24) is 9.66 Å². The first kappa shape index (κ1) is 13.8. The van der Waals surface area contributed by atoms with Crippen LogP contribution < -0.4 is 5.43 Å². The third-order valence-electron chi connectivity index (χ3n) is 3.50. The first-order valence-electron chi connectivity index (χ1n) is 7.07. The Bertz CT molecular complexity index is 809. The highest BCUT2D eigenvalue weighted by molar-refractivity contribution is 7.71. The fourth-order valence-corrected chi connectivity index (χ4v) is 2.72. The Balaban J connectivity index is 2.04. The topological polar surface area (TPSA) is 29.9 Å². The largest absolute Gasteiger partial charge is 0.319 e. The van der Waals surface area contributed by atoms with Crippen LogP contribution >= 0.6 is 12.2 Å². The second-order valence-electron chi connectivity index (χ2n) is 4.90. The van der Waals surface area contributed by atoms with Crippen LogP contribution in [0, 0.1) is 4.64 Å². The number of benzene rings is 1. The molecule has 0 fully saturated rings. The molecule has 2 heterocycles. The van der Waals surface area contributed by atoms with Crippen molar-refractivity contribution >= 4 is 23.3 Å². The summed E-state index contributed by atoms with van der Waals surface area (Å²) >= 11 is 5.59. The van der Waals surface area contributed by atoms with Gasteiger partial charge in [0.15, 0.2) is 5.65 Å². The van der Waals surface area contributed by atoms with E-state index in [0.717, 1.165) is 27.7 Å². The number of fused-ring (bicyclic) bond motifs is 1. The normalized spacial score (nSPS) is 10.7. The second kappa shape index (κ2) is 6.06. The molecule has 1 aromatic carbocycles. The van der Waals surface area contributed by atoms with E-state index in [9.17, 15) is 0 Å². The van der Waals surface area contributed by atoms with Gasteiger partial charge in [0, 0.05) is 11.6 Å². The van der Waals surface area contributed by atoms with Crippen molar-refractivity contribution in [3.63, 3.8) is 0 Å². The van der Waals surface area contributed by atoms with Gasteiger partial charge in [-0.15, -0.1) is 0 Å². The molecular weight excluding hydrogens is 278 g/mol. The van der Waals surface area contributed by atoms with Crippen LogP contribution in [0.1, 0.15) is 18.1 Å². The van der Waals surface area contributed by atoms with Crippen molar-refractivity contribution < 1.29 is 0 Å². The summed E-state index contributed by atoms with van der Waals surface area (Å²) in [6.07, 6.45) is 2.71. The smallest absolute Gasteiger partial charge is 0.159 e. The van der Waals surface area contributed by atoms with Crippen LogP contribution in [0.4, 0.5) is 0 Å². The van der Waals surface area contributed by atoms with Gasteiger partial charge in [0.25, 0.3) is 0 Å². The van der Waals surface area contributed by atoms with E-state index >= 15 is 0 Å². The predicted molar refractivity (Wildman–Crippen MR) is 89.5 cm³/mol. The molecule has 0 bridgehead atoms. The third kappa shape index (κ3) is 2.81. The lowest BCUT2D eigenvalue weighted by Crippen LogP contribution is -2.18. The zero-order valence-corrected chi connectivity index (χ0v) is 12.7. The van der Waals surface area contributed by atoms with E-state index in [0.29, 0.717) is 6.54 Å². The van der Waals surface area contributed by atoms with Crippen LogP contribution in [0.2, 0.25) is 0 Å². The number of aromatic nitrogens is 2. The Morgan fingerprint density at radius 1 is 1.14 bits per heavy atom. The molecule has 0 spiro atoms. The number of nitrogens with zero attached hydrogens (tertiary/aromatic N) is 2. The number of pyridine rings is 2. The van der Waals surface area contributed by atoms with Crippen molar-refractivity contribution in [2.75, 3.05) is 5.43 Å². The second-order valence-corrected chi connectivity index (χ2v) is 5.29. The molecular formula is C17H17N3S. The average molecular weight is 295 g/mol. The van der Waals surface area contributed by atoms with Crippen LogP contribution in [-0.2, 0) is 13.0 Å². The van der Waals surface area contributed by atoms with Gasteiger partial charge in [-0.2, -0.15) is 0 Å². The summed E-state index contributed by atoms with van der Waals surface area (Å²) in [6.45, 7) is 2.84. The van der Waals surface area contributed by atoms with Gasteiger partial charge in [-0.25, -0.2) is 9.66 Å². The highest BCUT2D eigenvalue weighted by Crippen LogP contribution is 2.16. The van der Waals surface area contributed by atoms with Crippen LogP contribution in [-0.4, -0.2) is 9.66 Å². The standard InChI is InChI=1S/C17H17N3S/c1-2-14-11-15-9-6-10-18-16(15)20(17(14)21)19-12-13-7-4-3-5-8-13/h3-11,19H,2,12H2,1H3. The molecule has 106 valence electrons. The van der Waals surface area contributed by atoms with E-state index in [1.807, 2.05) is 28.9 Å². The molecule has 2 aromatic heterocycles. The van der Waals surface area contributed by atoms with Crippen molar-refractivity contribution in [3.05, 3.63) is 70.5 Å². The van der Waals surface area contributed by atoms with Gasteiger partial charge in [-0.3, -0.25) is 0 Å². The lowest BCUT2D eigenvalue weighted by Gasteiger charge is -2.15. The van der Waals surface area contributed by atoms with E-state index in [1.165, 1.54) is 5.56 Å². The molecule has 1 N–H and O–H groups in total. The Labute approximate surface area is 129 Å². The van der Waals surface area contributed by atoms with Gasteiger partial charge < -0.3 is 5.43 Å². The first-order chi connectivity index (χ1) is 10.3. The number of hydrogen-bond donors (Lipinski definition) is 1. The molecule has 0 aliphatic rings. The Kier molecular flexibility index (Phi) is 3.97. The molecule has 3 nitrogen and oxygen atoms in total. The summed E-state index contributed by atoms with van der Waals surface area (Å²) in [5, 5.41) is 1.10. The molecule has 0 unspecified atom stereocenters. The summed E-state index contributed by atoms with van der Waals surface area (Å²) in [5.41, 5.74) is 6.64. The van der Waals surface area contributed by atoms with Gasteiger partial charge in [0.2, 0.25) is 0 Å². The monoisotopic (exact) mass is 295 g/mol. The highest BCUT2D eigenvalue weighted by atomic mass is 32.1. The SMILES string of the molecule is CCc1cc2cccnc2n(NCc2ccccc2)c1=S. The summed E-state index contributed by atoms with van der Waals surface area (Å²) < 4.78 is 2.73. The molecule has 21 heavy (non-hydrogen) atoms. The third-order valence-corrected chi connectivity index (χ3v) is 3.95. The lowest BCUT2D eigenvalue weighted by atomic mass is 10.2. The van der Waals surface area contributed by atoms with Crippen LogP contribution in [0.15, 0.2) is 54.7 Å². The lowest BCUT2D eigenvalue weighted by molar-refractivity contribution is 0.829. The minimum atomic E-state index is 0.716. The van der Waals surface area contributed by atoms with E-state index in [-0.39, 0.29) is 0 Å². The molecule has 0 aliphatic heterocycles. The van der Waals surface area contributed by atoms with Crippen molar-refractivity contribution in [1.29, 1.82) is 0 Å². The highest BCUT2D eigenvalue weighted by Gasteiger charge is 2.06. The van der Waals surface area contributed by atoms with Crippen molar-refractivity contribution in [2.45, 2.75) is 19.9 Å². The maximum atomic E-state index is 5.59. The van der Waals surface area contributed by atoms with Gasteiger partial charge >= 0.3 is 0 Å². The molecule has 0 radical (unpaired) electrons. The van der Waals surface area contributed by atoms with Gasteiger partial charge in [0.1, 0.15) is 4.64 Å². The summed E-state index contributed by atoms with van der Waals surface area (Å²) in [6, 6.07) is 16.4. The maximum absolute atomic E-state index is 5.59. The van der Waals surface area contributed by atoms with Crippen LogP contribution in [0.25, 0.3) is 11.0 Å². The molecule has 0 atom stereocenters. The molecule has 0 saturated carbocycles. The summed E-state index contributed by atoms with van der Waals surface area (Å²) in [4.78, 5) is 4.46. The van der Waals surface area contributed by atoms with Gasteiger partial charge in [-0.1, -0.05) is 49.5 Å². The van der Waals surface area contributed by atoms with Gasteiger partial charge in [0.05, 0.1) is 6.54 Å². The zero-order valence-electron chi connectivity index (χ0n) is 11.9. The maximum Gasteiger partial charge on any atom is 0.159 e. The molecule has 0 aliphatic carbocycles. The van der Waals surface area contributed by atoms with E-state index in [4.69, 9.17) is 12.2 Å². The van der Waals surface area contributed by atoms with E-state index in [2.05, 4.69) is 41.6 Å². The minimum Gasteiger partial charge on any atom is -0.319 e. The minimum absolute atomic E-state index is 0.716. The Morgan fingerprint density at radius 2 is 1.95 bits per heavy atom. The molecule has 3 aromatic rings.